The Morgan fingerprint density at radius 2 is 2.00 bits per heavy atom. The Balaban J connectivity index is 1.87. The molecule has 0 saturated heterocycles. The molecule has 20 heteroatoms. The van der Waals surface area contributed by atoms with Crippen molar-refractivity contribution >= 4 is 46.8 Å². The van der Waals surface area contributed by atoms with Crippen molar-refractivity contribution in [3.8, 4) is 0 Å². The summed E-state index contributed by atoms with van der Waals surface area (Å²) in [4.78, 5) is 48.6. The van der Waals surface area contributed by atoms with Crippen LogP contribution < -0.4 is 11.3 Å². The van der Waals surface area contributed by atoms with Crippen molar-refractivity contribution in [1.29, 1.82) is 0 Å². The Morgan fingerprint density at radius 1 is 1.32 bits per heavy atom. The molecular weight excluding hydrogens is 487 g/mol. The monoisotopic (exact) mass is 503 g/mol. The highest BCUT2D eigenvalue weighted by Gasteiger charge is 2.57. The summed E-state index contributed by atoms with van der Waals surface area (Å²) in [5.74, 6) is -0.181. The van der Waals surface area contributed by atoms with Crippen LogP contribution in [0.2, 0.25) is 0 Å². The van der Waals surface area contributed by atoms with Gasteiger partial charge in [0.05, 0.1) is 6.61 Å². The van der Waals surface area contributed by atoms with Crippen LogP contribution in [0.1, 0.15) is 6.42 Å². The SMILES string of the molecule is COP(=O)(O[C@@]1(CO)C/C1=C/n1cnc2c(=O)[nH]c(N)nc21)OP(=O)(O)OP(=O)(O)O. The van der Waals surface area contributed by atoms with Crippen molar-refractivity contribution in [2.75, 3.05) is 19.5 Å². The number of phosphoric ester groups is 1. The molecule has 3 rings (SSSR count). The van der Waals surface area contributed by atoms with Crippen LogP contribution in [-0.4, -0.2) is 58.6 Å². The molecule has 7 N–H and O–H groups in total. The lowest BCUT2D eigenvalue weighted by molar-refractivity contribution is 0.0630. The molecule has 2 aromatic heterocycles. The van der Waals surface area contributed by atoms with E-state index in [4.69, 9.17) is 20.0 Å². The van der Waals surface area contributed by atoms with Gasteiger partial charge in [-0.2, -0.15) is 13.6 Å². The molecule has 2 aromatic rings. The summed E-state index contributed by atoms with van der Waals surface area (Å²) in [6.07, 6.45) is 2.46. The largest absolute Gasteiger partial charge is 0.490 e. The fourth-order valence-electron chi connectivity index (χ4n) is 2.49. The fraction of sp³-hybridized carbons (Fsp3) is 0.364. The van der Waals surface area contributed by atoms with E-state index in [0.29, 0.717) is 0 Å². The normalized spacial score (nSPS) is 24.2. The molecule has 172 valence electrons. The van der Waals surface area contributed by atoms with E-state index in [0.717, 1.165) is 7.11 Å². The second-order valence-corrected chi connectivity index (χ2v) is 10.8. The van der Waals surface area contributed by atoms with Crippen LogP contribution in [0.3, 0.4) is 0 Å². The number of nitrogens with one attached hydrogen (secondary N) is 1. The summed E-state index contributed by atoms with van der Waals surface area (Å²) >= 11 is 0. The molecule has 0 aliphatic heterocycles. The molecule has 31 heavy (non-hydrogen) atoms. The molecule has 17 nitrogen and oxygen atoms in total. The summed E-state index contributed by atoms with van der Waals surface area (Å²) in [5.41, 5.74) is 3.47. The number of aliphatic hydroxyl groups excluding tert-OH is 1. The van der Waals surface area contributed by atoms with Crippen molar-refractivity contribution in [3.63, 3.8) is 0 Å². The standard InChI is InChI=1S/C11H16N5O12P3/c1-25-31(24,28-30(22,23)27-29(19,20)21)26-11(4-17)2-6(11)3-16-5-13-7-8(16)14-10(12)15-9(7)18/h3,5,17H,2,4H2,1H3,(H,22,23)(H2,19,20,21)(H3,12,14,15,18)/b6-3-/t11-,31?/m1/s1. The number of aromatic amines is 1. The molecule has 1 aliphatic carbocycles. The number of hydrogen-bond donors (Lipinski definition) is 6. The Morgan fingerprint density at radius 3 is 2.58 bits per heavy atom. The van der Waals surface area contributed by atoms with Crippen molar-refractivity contribution in [2.45, 2.75) is 12.0 Å². The number of hydrogen-bond acceptors (Lipinski definition) is 12. The number of H-pyrrole nitrogens is 1. The lowest BCUT2D eigenvalue weighted by Gasteiger charge is -2.22. The van der Waals surface area contributed by atoms with Crippen LogP contribution in [0.25, 0.3) is 17.4 Å². The third-order valence-corrected chi connectivity index (χ3v) is 8.18. The van der Waals surface area contributed by atoms with E-state index in [-0.39, 0.29) is 29.1 Å². The van der Waals surface area contributed by atoms with E-state index in [1.807, 2.05) is 0 Å². The molecule has 0 spiro atoms. The van der Waals surface area contributed by atoms with Gasteiger partial charge in [0.1, 0.15) is 11.9 Å². The Hall–Kier alpha value is -1.74. The van der Waals surface area contributed by atoms with E-state index >= 15 is 0 Å². The van der Waals surface area contributed by atoms with Crippen molar-refractivity contribution in [3.05, 3.63) is 22.3 Å². The van der Waals surface area contributed by atoms with Gasteiger partial charge in [-0.3, -0.25) is 23.4 Å². The number of phosphoric acid groups is 3. The zero-order chi connectivity index (χ0) is 23.2. The summed E-state index contributed by atoms with van der Waals surface area (Å²) in [5, 5.41) is 9.70. The number of nitrogen functional groups attached to an aromatic ring is 1. The number of imidazole rings is 1. The van der Waals surface area contributed by atoms with E-state index in [9.17, 15) is 28.5 Å². The van der Waals surface area contributed by atoms with Gasteiger partial charge in [-0.15, -0.1) is 0 Å². The van der Waals surface area contributed by atoms with E-state index in [2.05, 4.69) is 28.1 Å². The minimum Gasteiger partial charge on any atom is -0.393 e. The van der Waals surface area contributed by atoms with Crippen LogP contribution in [0.5, 0.6) is 0 Å². The van der Waals surface area contributed by atoms with Crippen LogP contribution in [0, 0.1) is 0 Å². The van der Waals surface area contributed by atoms with Gasteiger partial charge in [0.2, 0.25) is 5.95 Å². The molecule has 3 atom stereocenters. The molecular formula is C11H16N5O12P3. The lowest BCUT2D eigenvalue weighted by atomic mass is 10.3. The highest BCUT2D eigenvalue weighted by molar-refractivity contribution is 7.66. The Bertz CT molecular complexity index is 1250. The molecule has 2 heterocycles. The summed E-state index contributed by atoms with van der Waals surface area (Å²) in [6.45, 7) is -0.798. The molecule has 0 bridgehead atoms. The quantitative estimate of drug-likeness (QED) is 0.239. The van der Waals surface area contributed by atoms with Gasteiger partial charge in [-0.05, 0) is 5.57 Å². The van der Waals surface area contributed by atoms with Gasteiger partial charge in [0.25, 0.3) is 5.56 Å². The summed E-state index contributed by atoms with van der Waals surface area (Å²) < 4.78 is 53.6. The first-order valence-electron chi connectivity index (χ1n) is 7.93. The molecule has 2 unspecified atom stereocenters. The third-order valence-electron chi connectivity index (χ3n) is 3.86. The second-order valence-electron chi connectivity index (χ2n) is 6.10. The number of aliphatic hydroxyl groups is 1. The third kappa shape index (κ3) is 5.37. The number of fused-ring (bicyclic) bond motifs is 1. The van der Waals surface area contributed by atoms with Gasteiger partial charge in [-0.1, -0.05) is 0 Å². The number of aromatic nitrogens is 4. The van der Waals surface area contributed by atoms with Gasteiger partial charge >= 0.3 is 23.5 Å². The van der Waals surface area contributed by atoms with Gasteiger partial charge in [0, 0.05) is 19.7 Å². The number of rotatable bonds is 9. The van der Waals surface area contributed by atoms with Crippen LogP contribution >= 0.6 is 23.5 Å². The van der Waals surface area contributed by atoms with Crippen molar-refractivity contribution in [1.82, 2.24) is 19.5 Å². The zero-order valence-corrected chi connectivity index (χ0v) is 18.1. The molecule has 1 aliphatic rings. The maximum absolute atomic E-state index is 12.6. The average molecular weight is 503 g/mol. The van der Waals surface area contributed by atoms with Crippen LogP contribution in [0.15, 0.2) is 16.7 Å². The maximum atomic E-state index is 12.6. The van der Waals surface area contributed by atoms with Crippen molar-refractivity contribution < 1.29 is 51.2 Å². The van der Waals surface area contributed by atoms with E-state index in [1.165, 1.54) is 17.1 Å². The van der Waals surface area contributed by atoms with Gasteiger partial charge in [0.15, 0.2) is 11.2 Å². The molecule has 0 radical (unpaired) electrons. The molecule has 0 aromatic carbocycles. The number of nitrogens with zero attached hydrogens (tertiary/aromatic N) is 3. The topological polar surface area (TPSA) is 259 Å². The first-order valence-corrected chi connectivity index (χ1v) is 12.4. The Labute approximate surface area is 171 Å². The van der Waals surface area contributed by atoms with Crippen LogP contribution in [-0.2, 0) is 31.4 Å². The van der Waals surface area contributed by atoms with Gasteiger partial charge in [-0.25, -0.2) is 18.7 Å². The lowest BCUT2D eigenvalue weighted by Crippen LogP contribution is -2.19. The fourth-order valence-corrected chi connectivity index (χ4v) is 6.10. The Kier molecular flexibility index (Phi) is 6.17. The van der Waals surface area contributed by atoms with Gasteiger partial charge < -0.3 is 25.5 Å². The van der Waals surface area contributed by atoms with Crippen LogP contribution in [0.4, 0.5) is 5.95 Å². The minimum absolute atomic E-state index is 0.0380. The molecule has 0 amide bonds. The first-order chi connectivity index (χ1) is 14.2. The smallest absolute Gasteiger partial charge is 0.393 e. The number of anilines is 1. The van der Waals surface area contributed by atoms with E-state index < -0.39 is 41.2 Å². The summed E-state index contributed by atoms with van der Waals surface area (Å²) in [6, 6.07) is 0. The second kappa shape index (κ2) is 7.99. The van der Waals surface area contributed by atoms with E-state index in [1.54, 1.807) is 0 Å². The predicted molar refractivity (Wildman–Crippen MR) is 101 cm³/mol. The molecule has 1 saturated carbocycles. The van der Waals surface area contributed by atoms with Crippen molar-refractivity contribution in [2.24, 2.45) is 0 Å². The predicted octanol–water partition coefficient (Wildman–Crippen LogP) is -0.325. The highest BCUT2D eigenvalue weighted by atomic mass is 31.3. The zero-order valence-electron chi connectivity index (χ0n) is 15.4. The summed E-state index contributed by atoms with van der Waals surface area (Å²) in [7, 11) is -15.3. The first kappa shape index (κ1) is 23.9. The minimum atomic E-state index is -5.60. The maximum Gasteiger partial charge on any atom is 0.490 e. The number of nitrogens with two attached hydrogens (primary N) is 1. The molecule has 1 fully saturated rings. The average Bonchev–Trinajstić information content (AvgIpc) is 3.11. The highest BCUT2D eigenvalue weighted by Crippen LogP contribution is 2.71.